The molecule has 10 heteroatoms. The van der Waals surface area contributed by atoms with Crippen molar-refractivity contribution in [2.75, 3.05) is 29.3 Å². The number of sulfonamides is 1. The molecule has 1 atom stereocenters. The van der Waals surface area contributed by atoms with Crippen LogP contribution in [0.15, 0.2) is 41.3 Å². The number of piperidine rings is 1. The normalized spacial score (nSPS) is 16.5. The lowest BCUT2D eigenvalue weighted by molar-refractivity contribution is -0.148. The molecule has 3 rings (SSSR count). The van der Waals surface area contributed by atoms with Crippen LogP contribution in [0.3, 0.4) is 0 Å². The van der Waals surface area contributed by atoms with Gasteiger partial charge < -0.3 is 14.7 Å². The standard InChI is InChI=1S/C22H25ClN2O6S/c1-3-31-22(28)15-6-5-11-25(13-15)19-10-9-16(12-17(19)21(26)27)24-32(29,30)20-8-4-7-18(23)14(20)2/h4,7-10,12,15,24H,3,5-6,11,13H2,1-2H3,(H,26,27). The molecule has 172 valence electrons. The highest BCUT2D eigenvalue weighted by atomic mass is 35.5. The van der Waals surface area contributed by atoms with Crippen molar-refractivity contribution in [1.29, 1.82) is 0 Å². The first kappa shape index (κ1) is 23.9. The molecule has 1 unspecified atom stereocenters. The number of carbonyl (C=O) groups is 2. The summed E-state index contributed by atoms with van der Waals surface area (Å²) in [6.07, 6.45) is 1.39. The van der Waals surface area contributed by atoms with Crippen molar-refractivity contribution < 1.29 is 27.9 Å². The minimum atomic E-state index is -3.98. The maximum absolute atomic E-state index is 12.8. The summed E-state index contributed by atoms with van der Waals surface area (Å²) in [5, 5.41) is 10.1. The van der Waals surface area contributed by atoms with Gasteiger partial charge in [-0.3, -0.25) is 9.52 Å². The molecule has 1 aliphatic rings. The molecule has 0 amide bonds. The molecular formula is C22H25ClN2O6S. The molecule has 2 aromatic rings. The highest BCUT2D eigenvalue weighted by Crippen LogP contribution is 2.31. The first-order chi connectivity index (χ1) is 15.1. The van der Waals surface area contributed by atoms with Gasteiger partial charge in [0.05, 0.1) is 28.7 Å². The van der Waals surface area contributed by atoms with E-state index in [2.05, 4.69) is 4.72 Å². The van der Waals surface area contributed by atoms with Crippen molar-refractivity contribution in [2.45, 2.75) is 31.6 Å². The number of halogens is 1. The Kier molecular flexibility index (Phi) is 7.30. The lowest BCUT2D eigenvalue weighted by Crippen LogP contribution is -2.40. The van der Waals surface area contributed by atoms with Gasteiger partial charge in [0.15, 0.2) is 0 Å². The number of nitrogens with zero attached hydrogens (tertiary/aromatic N) is 1. The molecule has 32 heavy (non-hydrogen) atoms. The van der Waals surface area contributed by atoms with Crippen molar-refractivity contribution in [1.82, 2.24) is 0 Å². The molecule has 0 aliphatic carbocycles. The van der Waals surface area contributed by atoms with Gasteiger partial charge in [-0.1, -0.05) is 17.7 Å². The van der Waals surface area contributed by atoms with E-state index < -0.39 is 16.0 Å². The molecule has 0 aromatic heterocycles. The van der Waals surface area contributed by atoms with Crippen LogP contribution >= 0.6 is 11.6 Å². The van der Waals surface area contributed by atoms with Crippen LogP contribution in [0.1, 0.15) is 35.7 Å². The second-order valence-electron chi connectivity index (χ2n) is 7.54. The molecule has 0 spiro atoms. The van der Waals surface area contributed by atoms with Crippen molar-refractivity contribution in [3.8, 4) is 0 Å². The number of carboxylic acid groups (broad SMARTS) is 1. The van der Waals surface area contributed by atoms with E-state index >= 15 is 0 Å². The summed E-state index contributed by atoms with van der Waals surface area (Å²) in [5.74, 6) is -1.83. The Morgan fingerprint density at radius 1 is 1.28 bits per heavy atom. The summed E-state index contributed by atoms with van der Waals surface area (Å²) in [6.45, 7) is 4.55. The molecular weight excluding hydrogens is 456 g/mol. The average molecular weight is 481 g/mol. The average Bonchev–Trinajstić information content (AvgIpc) is 2.75. The zero-order chi connectivity index (χ0) is 23.5. The monoisotopic (exact) mass is 480 g/mol. The summed E-state index contributed by atoms with van der Waals surface area (Å²) >= 11 is 6.04. The zero-order valence-corrected chi connectivity index (χ0v) is 19.4. The van der Waals surface area contributed by atoms with Gasteiger partial charge in [0.25, 0.3) is 10.0 Å². The topological polar surface area (TPSA) is 113 Å². The van der Waals surface area contributed by atoms with E-state index in [4.69, 9.17) is 16.3 Å². The number of benzene rings is 2. The summed E-state index contributed by atoms with van der Waals surface area (Å²) < 4.78 is 33.2. The first-order valence-corrected chi connectivity index (χ1v) is 12.1. The number of carbonyl (C=O) groups excluding carboxylic acids is 1. The van der Waals surface area contributed by atoms with E-state index in [1.807, 2.05) is 4.90 Å². The molecule has 0 bridgehead atoms. The largest absolute Gasteiger partial charge is 0.478 e. The van der Waals surface area contributed by atoms with Gasteiger partial charge in [0.2, 0.25) is 0 Å². The van der Waals surface area contributed by atoms with E-state index in [-0.39, 0.29) is 34.6 Å². The number of anilines is 2. The fourth-order valence-corrected chi connectivity index (χ4v) is 5.33. The van der Waals surface area contributed by atoms with Gasteiger partial charge in [0, 0.05) is 23.8 Å². The number of rotatable bonds is 7. The molecule has 1 fully saturated rings. The third kappa shape index (κ3) is 5.16. The van der Waals surface area contributed by atoms with Crippen molar-refractivity contribution >= 4 is 44.9 Å². The maximum atomic E-state index is 12.8. The van der Waals surface area contributed by atoms with Crippen molar-refractivity contribution in [2.24, 2.45) is 5.92 Å². The molecule has 1 aliphatic heterocycles. The van der Waals surface area contributed by atoms with Crippen LogP contribution in [0.5, 0.6) is 0 Å². The molecule has 1 heterocycles. The van der Waals surface area contributed by atoms with E-state index in [0.29, 0.717) is 42.2 Å². The van der Waals surface area contributed by atoms with Crippen LogP contribution in [0.25, 0.3) is 0 Å². The van der Waals surface area contributed by atoms with Crippen LogP contribution in [0.2, 0.25) is 5.02 Å². The summed E-state index contributed by atoms with van der Waals surface area (Å²) in [5.41, 5.74) is 0.880. The first-order valence-electron chi connectivity index (χ1n) is 10.2. The minimum Gasteiger partial charge on any atom is -0.478 e. The Morgan fingerprint density at radius 2 is 2.03 bits per heavy atom. The Labute approximate surface area is 192 Å². The number of carboxylic acids is 1. The molecule has 8 nitrogen and oxygen atoms in total. The molecule has 0 radical (unpaired) electrons. The summed E-state index contributed by atoms with van der Waals surface area (Å²) in [7, 11) is -3.98. The lowest BCUT2D eigenvalue weighted by Gasteiger charge is -2.34. The second-order valence-corrected chi connectivity index (χ2v) is 9.60. The van der Waals surface area contributed by atoms with E-state index in [1.54, 1.807) is 26.0 Å². The summed E-state index contributed by atoms with van der Waals surface area (Å²) in [4.78, 5) is 25.9. The number of aromatic carboxylic acids is 1. The van der Waals surface area contributed by atoms with Gasteiger partial charge in [-0.15, -0.1) is 0 Å². The number of hydrogen-bond acceptors (Lipinski definition) is 6. The summed E-state index contributed by atoms with van der Waals surface area (Å²) in [6, 6.07) is 8.90. The zero-order valence-electron chi connectivity index (χ0n) is 17.8. The van der Waals surface area contributed by atoms with Crippen molar-refractivity contribution in [3.05, 3.63) is 52.5 Å². The second kappa shape index (κ2) is 9.79. The Balaban J connectivity index is 1.89. The highest BCUT2D eigenvalue weighted by molar-refractivity contribution is 7.92. The van der Waals surface area contributed by atoms with Gasteiger partial charge in [-0.25, -0.2) is 13.2 Å². The third-order valence-corrected chi connectivity index (χ3v) is 7.30. The van der Waals surface area contributed by atoms with Crippen molar-refractivity contribution in [3.63, 3.8) is 0 Å². The van der Waals surface area contributed by atoms with E-state index in [9.17, 15) is 23.1 Å². The number of nitrogens with one attached hydrogen (secondary N) is 1. The minimum absolute atomic E-state index is 0.0132. The molecule has 2 N–H and O–H groups in total. The maximum Gasteiger partial charge on any atom is 0.337 e. The Bertz CT molecular complexity index is 1140. The van der Waals surface area contributed by atoms with Gasteiger partial charge >= 0.3 is 11.9 Å². The molecule has 1 saturated heterocycles. The number of ether oxygens (including phenoxy) is 1. The fourth-order valence-electron chi connectivity index (χ4n) is 3.78. The van der Waals surface area contributed by atoms with Gasteiger partial charge in [0.1, 0.15) is 0 Å². The van der Waals surface area contributed by atoms with Crippen LogP contribution in [-0.4, -0.2) is 45.2 Å². The van der Waals surface area contributed by atoms with Crippen LogP contribution in [-0.2, 0) is 19.6 Å². The van der Waals surface area contributed by atoms with Crippen LogP contribution in [0.4, 0.5) is 11.4 Å². The quantitative estimate of drug-likeness (QED) is 0.577. The Hall–Kier alpha value is -2.78. The van der Waals surface area contributed by atoms with Crippen LogP contribution in [0, 0.1) is 12.8 Å². The van der Waals surface area contributed by atoms with Gasteiger partial charge in [-0.2, -0.15) is 0 Å². The predicted octanol–water partition coefficient (Wildman–Crippen LogP) is 3.93. The fraction of sp³-hybridized carbons (Fsp3) is 0.364. The van der Waals surface area contributed by atoms with E-state index in [0.717, 1.165) is 0 Å². The smallest absolute Gasteiger partial charge is 0.337 e. The predicted molar refractivity (Wildman–Crippen MR) is 122 cm³/mol. The lowest BCUT2D eigenvalue weighted by atomic mass is 9.97. The Morgan fingerprint density at radius 3 is 2.72 bits per heavy atom. The molecule has 0 saturated carbocycles. The molecule has 2 aromatic carbocycles. The third-order valence-electron chi connectivity index (χ3n) is 5.37. The van der Waals surface area contributed by atoms with Crippen LogP contribution < -0.4 is 9.62 Å². The SMILES string of the molecule is CCOC(=O)C1CCCN(c2ccc(NS(=O)(=O)c3cccc(Cl)c3C)cc2C(=O)O)C1. The van der Waals surface area contributed by atoms with E-state index in [1.165, 1.54) is 24.3 Å². The van der Waals surface area contributed by atoms with Gasteiger partial charge in [-0.05, 0) is 62.6 Å². The number of hydrogen-bond donors (Lipinski definition) is 2. The number of esters is 1. The highest BCUT2D eigenvalue weighted by Gasteiger charge is 2.29.